The van der Waals surface area contributed by atoms with Gasteiger partial charge in [-0.2, -0.15) is 4.91 Å². The highest BCUT2D eigenvalue weighted by atomic mass is 35.5. The Bertz CT molecular complexity index is 398. The molecule has 0 amide bonds. The molecule has 8 heteroatoms. The summed E-state index contributed by atoms with van der Waals surface area (Å²) in [6.07, 6.45) is 2.71. The van der Waals surface area contributed by atoms with Gasteiger partial charge in [-0.15, -0.1) is 11.6 Å². The van der Waals surface area contributed by atoms with Crippen LogP contribution in [0.5, 0.6) is 0 Å². The van der Waals surface area contributed by atoms with E-state index in [2.05, 4.69) is 10.2 Å². The zero-order valence-corrected chi connectivity index (χ0v) is 9.59. The van der Waals surface area contributed by atoms with Gasteiger partial charge >= 0.3 is 5.95 Å². The molecule has 0 aliphatic heterocycles. The first kappa shape index (κ1) is 12.6. The van der Waals surface area contributed by atoms with Crippen molar-refractivity contribution in [3.63, 3.8) is 0 Å². The van der Waals surface area contributed by atoms with Crippen LogP contribution in [0.1, 0.15) is 13.8 Å². The zero-order chi connectivity index (χ0) is 12.3. The number of halogens is 1. The number of rotatable bonds is 5. The Kier molecular flexibility index (Phi) is 3.58. The Labute approximate surface area is 96.5 Å². The summed E-state index contributed by atoms with van der Waals surface area (Å²) < 4.78 is 1.25. The SMILES string of the molecule is CC(C)(Cl)C(Cn1ccnc1[N+](=O)[O-])N=O. The van der Waals surface area contributed by atoms with Crippen LogP contribution in [0.3, 0.4) is 0 Å². The molecule has 1 heterocycles. The molecule has 1 unspecified atom stereocenters. The number of nitro groups is 1. The van der Waals surface area contributed by atoms with Crippen LogP contribution in [0.2, 0.25) is 0 Å². The summed E-state index contributed by atoms with van der Waals surface area (Å²) in [6.45, 7) is 3.29. The van der Waals surface area contributed by atoms with E-state index in [0.717, 1.165) is 0 Å². The second kappa shape index (κ2) is 4.56. The van der Waals surface area contributed by atoms with Crippen LogP contribution in [-0.2, 0) is 6.54 Å². The number of aromatic nitrogens is 2. The van der Waals surface area contributed by atoms with Crippen molar-refractivity contribution >= 4 is 17.5 Å². The third-order valence-corrected chi connectivity index (χ3v) is 2.40. The third kappa shape index (κ3) is 2.75. The van der Waals surface area contributed by atoms with Crippen LogP contribution in [-0.4, -0.2) is 25.4 Å². The maximum absolute atomic E-state index is 10.6. The van der Waals surface area contributed by atoms with E-state index in [-0.39, 0.29) is 12.5 Å². The van der Waals surface area contributed by atoms with Crippen LogP contribution in [0.4, 0.5) is 5.95 Å². The van der Waals surface area contributed by atoms with Gasteiger partial charge in [-0.3, -0.25) is 0 Å². The number of hydrogen-bond donors (Lipinski definition) is 0. The third-order valence-electron chi connectivity index (χ3n) is 2.15. The van der Waals surface area contributed by atoms with E-state index in [1.54, 1.807) is 13.8 Å². The molecule has 0 saturated carbocycles. The summed E-state index contributed by atoms with van der Waals surface area (Å²) in [4.78, 5) is 23.3. The molecule has 88 valence electrons. The smallest absolute Gasteiger partial charge is 0.390 e. The van der Waals surface area contributed by atoms with Crippen molar-refractivity contribution in [1.29, 1.82) is 0 Å². The average molecular weight is 247 g/mol. The molecule has 0 aliphatic rings. The maximum Gasteiger partial charge on any atom is 0.434 e. The van der Waals surface area contributed by atoms with Gasteiger partial charge in [0.1, 0.15) is 18.4 Å². The molecular weight excluding hydrogens is 236 g/mol. The number of hydrogen-bond acceptors (Lipinski definition) is 5. The molecule has 0 N–H and O–H groups in total. The Balaban J connectivity index is 2.91. The largest absolute Gasteiger partial charge is 0.434 e. The number of nitrogens with zero attached hydrogens (tertiary/aromatic N) is 4. The van der Waals surface area contributed by atoms with Crippen LogP contribution >= 0.6 is 11.6 Å². The lowest BCUT2D eigenvalue weighted by Gasteiger charge is -2.20. The van der Waals surface area contributed by atoms with E-state index < -0.39 is 15.8 Å². The molecule has 0 aromatic carbocycles. The van der Waals surface area contributed by atoms with Gasteiger partial charge < -0.3 is 10.1 Å². The molecule has 1 aromatic rings. The van der Waals surface area contributed by atoms with Gasteiger partial charge in [0.15, 0.2) is 0 Å². The minimum Gasteiger partial charge on any atom is -0.390 e. The van der Waals surface area contributed by atoms with Crippen molar-refractivity contribution < 1.29 is 4.92 Å². The second-order valence-corrected chi connectivity index (χ2v) is 4.80. The van der Waals surface area contributed by atoms with Gasteiger partial charge in [-0.25, -0.2) is 4.57 Å². The van der Waals surface area contributed by atoms with Gasteiger partial charge in [0, 0.05) is 0 Å². The maximum atomic E-state index is 10.6. The van der Waals surface area contributed by atoms with E-state index in [1.165, 1.54) is 17.0 Å². The molecule has 16 heavy (non-hydrogen) atoms. The fourth-order valence-electron chi connectivity index (χ4n) is 1.18. The summed E-state index contributed by atoms with van der Waals surface area (Å²) in [5.41, 5.74) is 0. The zero-order valence-electron chi connectivity index (χ0n) is 8.83. The topological polar surface area (TPSA) is 90.4 Å². The molecule has 1 rings (SSSR count). The average Bonchev–Trinajstić information content (AvgIpc) is 2.59. The van der Waals surface area contributed by atoms with E-state index in [0.29, 0.717) is 0 Å². The van der Waals surface area contributed by atoms with E-state index in [4.69, 9.17) is 11.6 Å². The minimum atomic E-state index is -0.861. The highest BCUT2D eigenvalue weighted by molar-refractivity contribution is 6.23. The van der Waals surface area contributed by atoms with Gasteiger partial charge in [0.25, 0.3) is 0 Å². The van der Waals surface area contributed by atoms with Crippen molar-refractivity contribution in [2.45, 2.75) is 31.3 Å². The standard InChI is InChI=1S/C8H11ClN4O3/c1-8(2,9)6(11-14)5-12-4-3-10-7(12)13(15)16/h3-4,6H,5H2,1-2H3. The Hall–Kier alpha value is -1.50. The summed E-state index contributed by atoms with van der Waals surface area (Å²) in [5.74, 6) is -0.324. The minimum absolute atomic E-state index is 0.0380. The van der Waals surface area contributed by atoms with Crippen molar-refractivity contribution in [2.75, 3.05) is 0 Å². The number of alkyl halides is 1. The summed E-state index contributed by atoms with van der Waals surface area (Å²) in [6, 6.07) is -0.762. The first-order chi connectivity index (χ1) is 7.36. The van der Waals surface area contributed by atoms with Crippen LogP contribution in [0.25, 0.3) is 0 Å². The first-order valence-electron chi connectivity index (χ1n) is 4.53. The molecule has 0 spiro atoms. The lowest BCUT2D eigenvalue weighted by molar-refractivity contribution is -0.396. The van der Waals surface area contributed by atoms with Gasteiger partial charge in [-0.05, 0) is 18.8 Å². The van der Waals surface area contributed by atoms with E-state index in [1.807, 2.05) is 0 Å². The molecule has 0 bridgehead atoms. The lowest BCUT2D eigenvalue weighted by Crippen LogP contribution is -2.32. The number of nitroso groups, excluding NO2 is 1. The Morgan fingerprint density at radius 3 is 2.81 bits per heavy atom. The van der Waals surface area contributed by atoms with E-state index in [9.17, 15) is 15.0 Å². The molecule has 0 radical (unpaired) electrons. The second-order valence-electron chi connectivity index (χ2n) is 3.82. The summed E-state index contributed by atoms with van der Waals surface area (Å²) in [5, 5.41) is 13.5. The van der Waals surface area contributed by atoms with Crippen LogP contribution in [0.15, 0.2) is 17.6 Å². The van der Waals surface area contributed by atoms with Crippen molar-refractivity contribution in [3.8, 4) is 0 Å². The summed E-state index contributed by atoms with van der Waals surface area (Å²) >= 11 is 5.95. The lowest BCUT2D eigenvalue weighted by atomic mass is 10.0. The van der Waals surface area contributed by atoms with Crippen molar-refractivity contribution in [1.82, 2.24) is 9.55 Å². The van der Waals surface area contributed by atoms with Gasteiger partial charge in [0.2, 0.25) is 0 Å². The molecule has 7 nitrogen and oxygen atoms in total. The Morgan fingerprint density at radius 2 is 2.38 bits per heavy atom. The van der Waals surface area contributed by atoms with Crippen molar-refractivity contribution in [2.24, 2.45) is 5.18 Å². The predicted molar refractivity (Wildman–Crippen MR) is 58.4 cm³/mol. The molecule has 1 atom stereocenters. The number of imidazole rings is 1. The van der Waals surface area contributed by atoms with Gasteiger partial charge in [0.05, 0.1) is 11.4 Å². The summed E-state index contributed by atoms with van der Waals surface area (Å²) in [7, 11) is 0. The molecule has 1 aromatic heterocycles. The first-order valence-corrected chi connectivity index (χ1v) is 4.91. The highest BCUT2D eigenvalue weighted by Gasteiger charge is 2.31. The fourth-order valence-corrected chi connectivity index (χ4v) is 1.29. The normalized spacial score (nSPS) is 13.4. The monoisotopic (exact) mass is 246 g/mol. The predicted octanol–water partition coefficient (Wildman–Crippen LogP) is 1.94. The molecule has 0 fully saturated rings. The van der Waals surface area contributed by atoms with Crippen LogP contribution in [0, 0.1) is 15.0 Å². The molecule has 0 aliphatic carbocycles. The van der Waals surface area contributed by atoms with Crippen molar-refractivity contribution in [3.05, 3.63) is 27.4 Å². The molecule has 0 saturated heterocycles. The Morgan fingerprint density at radius 1 is 1.75 bits per heavy atom. The highest BCUT2D eigenvalue weighted by Crippen LogP contribution is 2.23. The van der Waals surface area contributed by atoms with E-state index >= 15 is 0 Å². The molecular formula is C8H11ClN4O3. The quantitative estimate of drug-likeness (QED) is 0.344. The van der Waals surface area contributed by atoms with Gasteiger partial charge in [-0.1, -0.05) is 10.2 Å². The van der Waals surface area contributed by atoms with Crippen LogP contribution < -0.4 is 0 Å². The fraction of sp³-hybridized carbons (Fsp3) is 0.625.